The second-order valence-corrected chi connectivity index (χ2v) is 7.85. The predicted molar refractivity (Wildman–Crippen MR) is 107 cm³/mol. The Labute approximate surface area is 168 Å². The Bertz CT molecular complexity index is 880. The summed E-state index contributed by atoms with van der Waals surface area (Å²) in [5.41, 5.74) is 2.65. The lowest BCUT2D eigenvalue weighted by Gasteiger charge is -2.25. The van der Waals surface area contributed by atoms with Gasteiger partial charge in [-0.2, -0.15) is 0 Å². The molecule has 1 amide bonds. The fourth-order valence-corrected chi connectivity index (χ4v) is 3.72. The Kier molecular flexibility index (Phi) is 5.37. The molecule has 2 aromatic rings. The fraction of sp³-hybridized carbons (Fsp3) is 0.333. The van der Waals surface area contributed by atoms with Gasteiger partial charge in [-0.15, -0.1) is 0 Å². The average molecular weight is 403 g/mol. The molecule has 1 aliphatic heterocycles. The van der Waals surface area contributed by atoms with Crippen LogP contribution in [0.2, 0.25) is 10.0 Å². The summed E-state index contributed by atoms with van der Waals surface area (Å²) in [6.07, 6.45) is 2.37. The zero-order valence-corrected chi connectivity index (χ0v) is 16.3. The van der Waals surface area contributed by atoms with Gasteiger partial charge >= 0.3 is 0 Å². The molecule has 1 fully saturated rings. The molecule has 1 heterocycles. The van der Waals surface area contributed by atoms with Crippen molar-refractivity contribution in [3.05, 3.63) is 69.7 Å². The van der Waals surface area contributed by atoms with Crippen molar-refractivity contribution in [2.75, 3.05) is 6.54 Å². The topological polar surface area (TPSA) is 41.9 Å². The fourth-order valence-electron chi connectivity index (χ4n) is 3.28. The molecule has 6 heteroatoms. The molecule has 0 N–H and O–H groups in total. The number of amides is 1. The molecule has 140 valence electrons. The quantitative estimate of drug-likeness (QED) is 0.687. The number of halogens is 2. The van der Waals surface area contributed by atoms with E-state index in [0.717, 1.165) is 29.7 Å². The second-order valence-electron chi connectivity index (χ2n) is 7.03. The maximum absolute atomic E-state index is 12.8. The Morgan fingerprint density at radius 2 is 1.78 bits per heavy atom. The highest BCUT2D eigenvalue weighted by Crippen LogP contribution is 2.33. The number of nitrogens with zero attached hydrogens (tertiary/aromatic N) is 2. The molecule has 2 aliphatic rings. The van der Waals surface area contributed by atoms with Crippen LogP contribution in [0.3, 0.4) is 0 Å². The van der Waals surface area contributed by atoms with Crippen LogP contribution in [0.15, 0.2) is 53.7 Å². The van der Waals surface area contributed by atoms with Crippen LogP contribution >= 0.6 is 23.2 Å². The van der Waals surface area contributed by atoms with Crippen molar-refractivity contribution in [3.8, 4) is 0 Å². The van der Waals surface area contributed by atoms with Crippen molar-refractivity contribution in [2.45, 2.75) is 31.9 Å². The lowest BCUT2D eigenvalue weighted by molar-refractivity contribution is -0.135. The number of rotatable bonds is 6. The van der Waals surface area contributed by atoms with Crippen LogP contribution in [-0.2, 0) is 16.2 Å². The zero-order chi connectivity index (χ0) is 18.8. The van der Waals surface area contributed by atoms with Gasteiger partial charge in [-0.1, -0.05) is 64.8 Å². The van der Waals surface area contributed by atoms with Crippen LogP contribution in [0.25, 0.3) is 0 Å². The minimum Gasteiger partial charge on any atom is -0.390 e. The highest BCUT2D eigenvalue weighted by molar-refractivity contribution is 6.34. The first kappa shape index (κ1) is 18.3. The van der Waals surface area contributed by atoms with Gasteiger partial charge in [-0.3, -0.25) is 4.79 Å². The first-order chi connectivity index (χ1) is 13.1. The number of carbonyl (C=O) groups excluding carboxylic acids is 1. The molecule has 0 spiro atoms. The Hall–Kier alpha value is -2.04. The summed E-state index contributed by atoms with van der Waals surface area (Å²) in [6, 6.07) is 15.2. The van der Waals surface area contributed by atoms with Crippen molar-refractivity contribution in [1.29, 1.82) is 0 Å². The highest BCUT2D eigenvalue weighted by Gasteiger charge is 2.36. The number of benzene rings is 2. The molecule has 2 aromatic carbocycles. The van der Waals surface area contributed by atoms with E-state index in [9.17, 15) is 4.79 Å². The SMILES string of the molecule is O=C(C1CC1)N(Cc1ccccc1Cl)CC1CC(c2ccccc2Cl)=NO1. The smallest absolute Gasteiger partial charge is 0.226 e. The molecule has 1 saturated carbocycles. The maximum Gasteiger partial charge on any atom is 0.226 e. The standard InChI is InChI=1S/C21H20Cl2N2O2/c22-18-7-3-1-5-15(18)12-25(21(26)14-9-10-14)13-16-11-20(24-27-16)17-6-2-4-8-19(17)23/h1-8,14,16H,9-13H2. The number of hydrogen-bond donors (Lipinski definition) is 0. The van der Waals surface area contributed by atoms with Gasteiger partial charge in [0.2, 0.25) is 5.91 Å². The van der Waals surface area contributed by atoms with E-state index in [4.69, 9.17) is 28.0 Å². The van der Waals surface area contributed by atoms with Crippen LogP contribution in [0, 0.1) is 5.92 Å². The summed E-state index contributed by atoms with van der Waals surface area (Å²) >= 11 is 12.6. The number of hydrogen-bond acceptors (Lipinski definition) is 3. The predicted octanol–water partition coefficient (Wildman–Crippen LogP) is 4.93. The van der Waals surface area contributed by atoms with Crippen molar-refractivity contribution in [1.82, 2.24) is 4.90 Å². The Balaban J connectivity index is 1.46. The summed E-state index contributed by atoms with van der Waals surface area (Å²) in [5, 5.41) is 5.54. The van der Waals surface area contributed by atoms with Gasteiger partial charge in [0, 0.05) is 34.5 Å². The van der Waals surface area contributed by atoms with Gasteiger partial charge in [0.25, 0.3) is 0 Å². The van der Waals surface area contributed by atoms with Gasteiger partial charge in [-0.05, 0) is 30.5 Å². The van der Waals surface area contributed by atoms with Crippen molar-refractivity contribution >= 4 is 34.8 Å². The molecular weight excluding hydrogens is 383 g/mol. The van der Waals surface area contributed by atoms with Gasteiger partial charge in [0.15, 0.2) is 6.10 Å². The molecule has 1 atom stereocenters. The van der Waals surface area contributed by atoms with E-state index in [-0.39, 0.29) is 17.9 Å². The molecule has 1 unspecified atom stereocenters. The zero-order valence-electron chi connectivity index (χ0n) is 14.8. The second kappa shape index (κ2) is 7.91. The lowest BCUT2D eigenvalue weighted by atomic mass is 10.0. The van der Waals surface area contributed by atoms with E-state index in [1.54, 1.807) is 0 Å². The summed E-state index contributed by atoms with van der Waals surface area (Å²) in [7, 11) is 0. The van der Waals surface area contributed by atoms with Crippen LogP contribution in [-0.4, -0.2) is 29.2 Å². The monoisotopic (exact) mass is 402 g/mol. The molecule has 0 aromatic heterocycles. The van der Waals surface area contributed by atoms with Crippen LogP contribution in [0.1, 0.15) is 30.4 Å². The van der Waals surface area contributed by atoms with Crippen molar-refractivity contribution in [3.63, 3.8) is 0 Å². The highest BCUT2D eigenvalue weighted by atomic mass is 35.5. The minimum absolute atomic E-state index is 0.137. The third-order valence-corrected chi connectivity index (χ3v) is 5.60. The first-order valence-electron chi connectivity index (χ1n) is 9.11. The van der Waals surface area contributed by atoms with E-state index < -0.39 is 0 Å². The number of oxime groups is 1. The van der Waals surface area contributed by atoms with E-state index in [0.29, 0.717) is 29.6 Å². The molecule has 0 bridgehead atoms. The molecule has 1 aliphatic carbocycles. The van der Waals surface area contributed by atoms with Gasteiger partial charge in [0.05, 0.1) is 12.3 Å². The van der Waals surface area contributed by atoms with Crippen LogP contribution < -0.4 is 0 Å². The average Bonchev–Trinajstić information content (AvgIpc) is 3.42. The van der Waals surface area contributed by atoms with Crippen LogP contribution in [0.4, 0.5) is 0 Å². The first-order valence-corrected chi connectivity index (χ1v) is 9.87. The third kappa shape index (κ3) is 4.28. The van der Waals surface area contributed by atoms with E-state index in [1.165, 1.54) is 0 Å². The minimum atomic E-state index is -0.179. The van der Waals surface area contributed by atoms with Gasteiger partial charge in [0.1, 0.15) is 0 Å². The van der Waals surface area contributed by atoms with E-state index in [1.807, 2.05) is 53.4 Å². The molecule has 27 heavy (non-hydrogen) atoms. The van der Waals surface area contributed by atoms with E-state index in [2.05, 4.69) is 5.16 Å². The largest absolute Gasteiger partial charge is 0.390 e. The summed E-state index contributed by atoms with van der Waals surface area (Å²) in [5.74, 6) is 0.308. The Morgan fingerprint density at radius 3 is 2.48 bits per heavy atom. The lowest BCUT2D eigenvalue weighted by Crippen LogP contribution is -2.38. The van der Waals surface area contributed by atoms with Crippen molar-refractivity contribution in [2.24, 2.45) is 11.1 Å². The molecule has 4 nitrogen and oxygen atoms in total. The Morgan fingerprint density at radius 1 is 1.07 bits per heavy atom. The summed E-state index contributed by atoms with van der Waals surface area (Å²) in [4.78, 5) is 20.3. The summed E-state index contributed by atoms with van der Waals surface area (Å²) in [6.45, 7) is 0.967. The normalized spacial score (nSPS) is 18.7. The van der Waals surface area contributed by atoms with Crippen molar-refractivity contribution < 1.29 is 9.63 Å². The third-order valence-electron chi connectivity index (χ3n) is 4.90. The summed E-state index contributed by atoms with van der Waals surface area (Å²) < 4.78 is 0. The van der Waals surface area contributed by atoms with E-state index >= 15 is 0 Å². The molecule has 0 saturated heterocycles. The molecule has 4 rings (SSSR count). The maximum atomic E-state index is 12.8. The number of carbonyl (C=O) groups is 1. The molecule has 0 radical (unpaired) electrons. The molecular formula is C21H20Cl2N2O2. The van der Waals surface area contributed by atoms with Gasteiger partial charge in [-0.25, -0.2) is 0 Å². The van der Waals surface area contributed by atoms with Gasteiger partial charge < -0.3 is 9.74 Å². The van der Waals surface area contributed by atoms with Crippen LogP contribution in [0.5, 0.6) is 0 Å².